The van der Waals surface area contributed by atoms with Gasteiger partial charge in [0.2, 0.25) is 0 Å². The Labute approximate surface area is 266 Å². The second-order valence-corrected chi connectivity index (χ2v) is 11.4. The summed E-state index contributed by atoms with van der Waals surface area (Å²) in [5.41, 5.74) is 7.62. The standard InChI is InChI=1S/C32H32ClF6N3O4/c33-25-7-4-19(11-26(25)35)30(18-2-1-3-21(34)10-18)31(40)28(43)12-20-13-41-15-27(36)24(20)6-5-23-14-42-22(16-45-23)17-46-29(44)8-9-32(37,38)39/h1-4,7,10-11,13,15,22-23,30-31,42H,5-6,8-9,12,14,16-17,40H2/t22-,23+,30+,31+/m0/s1. The van der Waals surface area contributed by atoms with E-state index in [1.54, 1.807) is 6.07 Å². The van der Waals surface area contributed by atoms with Crippen molar-refractivity contribution >= 4 is 23.4 Å². The molecule has 1 aliphatic rings. The lowest BCUT2D eigenvalue weighted by Crippen LogP contribution is -2.49. The molecule has 14 heteroatoms. The fourth-order valence-electron chi connectivity index (χ4n) is 5.21. The van der Waals surface area contributed by atoms with Crippen LogP contribution in [0.3, 0.4) is 0 Å². The Bertz CT molecular complexity index is 1520. The number of benzene rings is 2. The third-order valence-corrected chi connectivity index (χ3v) is 7.95. The van der Waals surface area contributed by atoms with Crippen LogP contribution in [0.4, 0.5) is 26.3 Å². The lowest BCUT2D eigenvalue weighted by molar-refractivity contribution is -0.158. The highest BCUT2D eigenvalue weighted by molar-refractivity contribution is 6.30. The summed E-state index contributed by atoms with van der Waals surface area (Å²) < 4.78 is 91.0. The smallest absolute Gasteiger partial charge is 0.389 e. The van der Waals surface area contributed by atoms with Crippen LogP contribution in [0.15, 0.2) is 54.9 Å². The second-order valence-electron chi connectivity index (χ2n) is 11.0. The van der Waals surface area contributed by atoms with Crippen molar-refractivity contribution in [3.05, 3.63) is 99.6 Å². The molecule has 1 aliphatic heterocycles. The first-order chi connectivity index (χ1) is 21.8. The highest BCUT2D eigenvalue weighted by Crippen LogP contribution is 2.31. The van der Waals surface area contributed by atoms with Gasteiger partial charge < -0.3 is 20.5 Å². The number of morpholine rings is 1. The van der Waals surface area contributed by atoms with Gasteiger partial charge >= 0.3 is 12.1 Å². The Kier molecular flexibility index (Phi) is 12.2. The Morgan fingerprint density at radius 2 is 1.85 bits per heavy atom. The van der Waals surface area contributed by atoms with Crippen molar-refractivity contribution in [3.63, 3.8) is 0 Å². The number of hydrogen-bond donors (Lipinski definition) is 2. The molecule has 0 amide bonds. The van der Waals surface area contributed by atoms with Gasteiger partial charge in [0.1, 0.15) is 24.1 Å². The van der Waals surface area contributed by atoms with Crippen LogP contribution in [0.1, 0.15) is 47.4 Å². The number of carbonyl (C=O) groups is 2. The highest BCUT2D eigenvalue weighted by Gasteiger charge is 2.31. The van der Waals surface area contributed by atoms with Crippen molar-refractivity contribution in [2.75, 3.05) is 19.8 Å². The summed E-state index contributed by atoms with van der Waals surface area (Å²) in [6, 6.07) is 7.74. The van der Waals surface area contributed by atoms with Gasteiger partial charge in [-0.2, -0.15) is 13.2 Å². The SMILES string of the molecule is N[C@H](C(=O)Cc1cncc(F)c1CC[C@@H]1CN[C@H](COC(=O)CCC(F)(F)F)CO1)[C@H](c1cccc(F)c1)c1ccc(Cl)c(F)c1. The minimum Gasteiger partial charge on any atom is -0.464 e. The maximum absolute atomic E-state index is 15.0. The zero-order valence-electron chi connectivity index (χ0n) is 24.5. The summed E-state index contributed by atoms with van der Waals surface area (Å²) in [5, 5.41) is 2.97. The third kappa shape index (κ3) is 9.99. The summed E-state index contributed by atoms with van der Waals surface area (Å²) in [6.07, 6.45) is -4.23. The number of nitrogens with zero attached hydrogens (tertiary/aromatic N) is 1. The largest absolute Gasteiger partial charge is 0.464 e. The summed E-state index contributed by atoms with van der Waals surface area (Å²) in [4.78, 5) is 29.0. The topological polar surface area (TPSA) is 104 Å². The number of nitrogens with one attached hydrogen (secondary N) is 1. The van der Waals surface area contributed by atoms with Crippen LogP contribution in [-0.2, 0) is 31.9 Å². The van der Waals surface area contributed by atoms with Crippen molar-refractivity contribution < 1.29 is 45.4 Å². The van der Waals surface area contributed by atoms with E-state index in [0.717, 1.165) is 12.3 Å². The van der Waals surface area contributed by atoms with E-state index in [-0.39, 0.29) is 42.7 Å². The van der Waals surface area contributed by atoms with E-state index in [4.69, 9.17) is 26.8 Å². The number of carbonyl (C=O) groups excluding carboxylic acids is 2. The fraction of sp³-hybridized carbons (Fsp3) is 0.406. The Balaban J connectivity index is 1.38. The first-order valence-corrected chi connectivity index (χ1v) is 14.9. The number of rotatable bonds is 13. The minimum absolute atomic E-state index is 0.114. The number of alkyl halides is 3. The molecule has 0 saturated carbocycles. The fourth-order valence-corrected chi connectivity index (χ4v) is 5.33. The van der Waals surface area contributed by atoms with Crippen molar-refractivity contribution in [1.29, 1.82) is 0 Å². The lowest BCUT2D eigenvalue weighted by atomic mass is 9.82. The highest BCUT2D eigenvalue weighted by atomic mass is 35.5. The van der Waals surface area contributed by atoms with Crippen LogP contribution < -0.4 is 11.1 Å². The number of hydrogen-bond acceptors (Lipinski definition) is 7. The Morgan fingerprint density at radius 1 is 1.09 bits per heavy atom. The van der Waals surface area contributed by atoms with Gasteiger partial charge in [0.25, 0.3) is 0 Å². The molecule has 3 N–H and O–H groups in total. The molecule has 1 aromatic heterocycles. The van der Waals surface area contributed by atoms with Crippen LogP contribution in [-0.4, -0.2) is 60.9 Å². The van der Waals surface area contributed by atoms with Gasteiger partial charge in [-0.3, -0.25) is 14.6 Å². The van der Waals surface area contributed by atoms with Gasteiger partial charge in [0.15, 0.2) is 5.78 Å². The predicted molar refractivity (Wildman–Crippen MR) is 157 cm³/mol. The molecule has 7 nitrogen and oxygen atoms in total. The number of Topliss-reactive ketones (excluding diaryl/α,β-unsaturated/α-hetero) is 1. The molecule has 0 radical (unpaired) electrons. The number of ketones is 1. The van der Waals surface area contributed by atoms with E-state index in [1.165, 1.54) is 36.5 Å². The van der Waals surface area contributed by atoms with E-state index in [9.17, 15) is 35.9 Å². The molecule has 4 atom stereocenters. The van der Waals surface area contributed by atoms with E-state index in [2.05, 4.69) is 10.3 Å². The van der Waals surface area contributed by atoms with Crippen LogP contribution in [0.25, 0.3) is 0 Å². The summed E-state index contributed by atoms with van der Waals surface area (Å²) in [7, 11) is 0. The molecule has 46 heavy (non-hydrogen) atoms. The number of pyridine rings is 1. The van der Waals surface area contributed by atoms with E-state index < -0.39 is 66.2 Å². The molecule has 3 aromatic rings. The molecule has 1 fully saturated rings. The first-order valence-electron chi connectivity index (χ1n) is 14.5. The summed E-state index contributed by atoms with van der Waals surface area (Å²) >= 11 is 5.84. The quantitative estimate of drug-likeness (QED) is 0.180. The minimum atomic E-state index is -4.45. The zero-order valence-corrected chi connectivity index (χ0v) is 25.2. The molecule has 0 bridgehead atoms. The van der Waals surface area contributed by atoms with Crippen LogP contribution >= 0.6 is 11.6 Å². The molecule has 4 rings (SSSR count). The number of ether oxygens (including phenoxy) is 2. The van der Waals surface area contributed by atoms with Gasteiger partial charge in [0, 0.05) is 25.1 Å². The normalized spacial score (nSPS) is 18.2. The number of esters is 1. The number of halogens is 7. The average molecular weight is 672 g/mol. The predicted octanol–water partition coefficient (Wildman–Crippen LogP) is 5.60. The van der Waals surface area contributed by atoms with E-state index in [0.29, 0.717) is 29.7 Å². The monoisotopic (exact) mass is 671 g/mol. The number of aromatic nitrogens is 1. The first kappa shape index (κ1) is 35.3. The van der Waals surface area contributed by atoms with Crippen molar-refractivity contribution in [2.45, 2.75) is 62.4 Å². The zero-order chi connectivity index (χ0) is 33.4. The summed E-state index contributed by atoms with van der Waals surface area (Å²) in [6.45, 7) is 0.265. The van der Waals surface area contributed by atoms with Crippen LogP contribution in [0.5, 0.6) is 0 Å². The molecule has 0 spiro atoms. The van der Waals surface area contributed by atoms with Crippen LogP contribution in [0.2, 0.25) is 5.02 Å². The Morgan fingerprint density at radius 3 is 2.52 bits per heavy atom. The molecule has 1 saturated heterocycles. The molecule has 0 aliphatic carbocycles. The molecular formula is C32H32ClF6N3O4. The number of nitrogens with two attached hydrogens (primary N) is 1. The van der Waals surface area contributed by atoms with Gasteiger partial charge in [-0.05, 0) is 59.4 Å². The summed E-state index contributed by atoms with van der Waals surface area (Å²) in [5.74, 6) is -4.34. The van der Waals surface area contributed by atoms with Gasteiger partial charge in [-0.15, -0.1) is 0 Å². The van der Waals surface area contributed by atoms with Gasteiger partial charge in [-0.25, -0.2) is 13.2 Å². The lowest BCUT2D eigenvalue weighted by Gasteiger charge is -2.30. The van der Waals surface area contributed by atoms with Gasteiger partial charge in [-0.1, -0.05) is 29.8 Å². The van der Waals surface area contributed by atoms with E-state index >= 15 is 0 Å². The van der Waals surface area contributed by atoms with Gasteiger partial charge in [0.05, 0.1) is 48.9 Å². The van der Waals surface area contributed by atoms with Crippen LogP contribution in [0, 0.1) is 17.5 Å². The molecule has 2 aromatic carbocycles. The van der Waals surface area contributed by atoms with Crippen molar-refractivity contribution in [1.82, 2.24) is 10.3 Å². The molecule has 2 heterocycles. The Hall–Kier alpha value is -3.52. The average Bonchev–Trinajstić information content (AvgIpc) is 3.00. The third-order valence-electron chi connectivity index (χ3n) is 7.64. The van der Waals surface area contributed by atoms with Crippen molar-refractivity contribution in [2.24, 2.45) is 5.73 Å². The maximum Gasteiger partial charge on any atom is 0.389 e. The van der Waals surface area contributed by atoms with Crippen molar-refractivity contribution in [3.8, 4) is 0 Å². The maximum atomic E-state index is 15.0. The molecular weight excluding hydrogens is 640 g/mol. The molecule has 0 unspecified atom stereocenters. The van der Waals surface area contributed by atoms with E-state index in [1.807, 2.05) is 0 Å². The molecule has 248 valence electrons. The second kappa shape index (κ2) is 15.9.